The molecule has 0 N–H and O–H groups in total. The molecule has 5 heteroatoms. The van der Waals surface area contributed by atoms with Crippen LogP contribution in [-0.4, -0.2) is 28.3 Å². The van der Waals surface area contributed by atoms with Gasteiger partial charge >= 0.3 is 0 Å². The van der Waals surface area contributed by atoms with Crippen LogP contribution in [0.4, 0.5) is 0 Å². The maximum absolute atomic E-state index is 13.9. The van der Waals surface area contributed by atoms with E-state index in [0.29, 0.717) is 29.3 Å². The summed E-state index contributed by atoms with van der Waals surface area (Å²) in [5, 5.41) is 5.43. The van der Waals surface area contributed by atoms with E-state index in [9.17, 15) is 4.57 Å². The van der Waals surface area contributed by atoms with Crippen LogP contribution in [0.3, 0.4) is 0 Å². The molecular weight excluding hydrogens is 906 g/mol. The van der Waals surface area contributed by atoms with Crippen molar-refractivity contribution in [3.05, 3.63) is 242 Å². The third kappa shape index (κ3) is 8.11. The van der Waals surface area contributed by atoms with Crippen molar-refractivity contribution >= 4 is 34.0 Å². The Bertz CT molecular complexity index is 3810. The van der Waals surface area contributed by atoms with E-state index in [1.165, 1.54) is 58.2 Å². The van der Waals surface area contributed by atoms with Gasteiger partial charge in [-0.25, -0.2) is 15.0 Å². The van der Waals surface area contributed by atoms with E-state index in [1.807, 2.05) is 19.4 Å². The monoisotopic (exact) mass is 959 g/mol. The van der Waals surface area contributed by atoms with Gasteiger partial charge in [0, 0.05) is 27.4 Å². The predicted molar refractivity (Wildman–Crippen MR) is 305 cm³/mol. The molecule has 2 bridgehead atoms. The maximum Gasteiger partial charge on any atom is 0.164 e. The van der Waals surface area contributed by atoms with Crippen LogP contribution in [0.25, 0.3) is 100 Å². The first-order valence-corrected chi connectivity index (χ1v) is 28.3. The largest absolute Gasteiger partial charge is 0.319 e. The quantitative estimate of drug-likeness (QED) is 0.101. The zero-order chi connectivity index (χ0) is 49.1. The molecule has 3 atom stereocenters. The second kappa shape index (κ2) is 18.2. The van der Waals surface area contributed by atoms with Crippen molar-refractivity contribution in [3.63, 3.8) is 0 Å². The van der Waals surface area contributed by atoms with E-state index in [0.717, 1.165) is 66.7 Å². The zero-order valence-electron chi connectivity index (χ0n) is 41.1. The molecule has 0 spiro atoms. The van der Waals surface area contributed by atoms with Crippen LogP contribution in [-0.2, 0) is 9.98 Å². The van der Waals surface area contributed by atoms with Crippen LogP contribution in [0.2, 0.25) is 0 Å². The van der Waals surface area contributed by atoms with Crippen LogP contribution in [0.5, 0.6) is 0 Å². The number of fused-ring (bicyclic) bond motifs is 4. The number of rotatable bonds is 10. The Labute approximate surface area is 427 Å². The number of benzene rings is 10. The summed E-state index contributed by atoms with van der Waals surface area (Å²) < 4.78 is 13.9. The summed E-state index contributed by atoms with van der Waals surface area (Å²) in [6.45, 7) is 3.79. The van der Waals surface area contributed by atoms with Gasteiger partial charge in [0.2, 0.25) is 0 Å². The van der Waals surface area contributed by atoms with Crippen LogP contribution in [0.1, 0.15) is 36.8 Å². The van der Waals surface area contributed by atoms with E-state index in [-0.39, 0.29) is 5.41 Å². The Morgan fingerprint density at radius 1 is 0.370 bits per heavy atom. The fourth-order valence-corrected chi connectivity index (χ4v) is 14.1. The second-order valence-corrected chi connectivity index (χ2v) is 23.8. The molecule has 2 fully saturated rings. The van der Waals surface area contributed by atoms with E-state index in [2.05, 4.69) is 224 Å². The Morgan fingerprint density at radius 3 is 1.05 bits per heavy atom. The fraction of sp³-hybridized carbons (Fsp3) is 0.132. The van der Waals surface area contributed by atoms with Gasteiger partial charge in [-0.05, 0) is 122 Å². The lowest BCUT2D eigenvalue weighted by Gasteiger charge is -2.39. The minimum absolute atomic E-state index is 0.0927. The van der Waals surface area contributed by atoms with Crippen LogP contribution in [0, 0.1) is 11.8 Å². The number of hydrogen-bond donors (Lipinski definition) is 0. The highest BCUT2D eigenvalue weighted by Gasteiger charge is 2.52. The zero-order valence-corrected chi connectivity index (χ0v) is 42.0. The normalized spacial score (nSPS) is 17.3. The molecular formula is C68H54N3OP. The average molecular weight is 960 g/mol. The van der Waals surface area contributed by atoms with Gasteiger partial charge in [-0.3, -0.25) is 0 Å². The summed E-state index contributed by atoms with van der Waals surface area (Å²) in [5.74, 6) is 3.21. The van der Waals surface area contributed by atoms with Crippen molar-refractivity contribution in [2.45, 2.75) is 31.1 Å². The lowest BCUT2D eigenvalue weighted by molar-refractivity contribution is 0.320. The van der Waals surface area contributed by atoms with E-state index >= 15 is 0 Å². The van der Waals surface area contributed by atoms with Gasteiger partial charge in [0.05, 0.1) is 0 Å². The average Bonchev–Trinajstić information content (AvgIpc) is 4.08. The summed E-state index contributed by atoms with van der Waals surface area (Å²) in [4.78, 5) is 15.6. The first-order valence-electron chi connectivity index (χ1n) is 25.7. The topological polar surface area (TPSA) is 55.7 Å². The summed E-state index contributed by atoms with van der Waals surface area (Å²) in [7, 11) is -2.59. The molecule has 2 saturated carbocycles. The highest BCUT2D eigenvalue weighted by Crippen LogP contribution is 2.60. The van der Waals surface area contributed by atoms with Crippen molar-refractivity contribution in [1.29, 1.82) is 0 Å². The lowest BCUT2D eigenvalue weighted by atomic mass is 9.64. The Hall–Kier alpha value is -8.04. The van der Waals surface area contributed by atoms with Crippen molar-refractivity contribution in [2.24, 2.45) is 11.8 Å². The van der Waals surface area contributed by atoms with E-state index in [4.69, 9.17) is 15.0 Å². The number of aromatic nitrogens is 3. The third-order valence-electron chi connectivity index (χ3n) is 16.0. The molecule has 1 aromatic heterocycles. The van der Waals surface area contributed by atoms with E-state index in [1.54, 1.807) is 0 Å². The molecule has 352 valence electrons. The smallest absolute Gasteiger partial charge is 0.164 e. The van der Waals surface area contributed by atoms with Gasteiger partial charge in [-0.15, -0.1) is 0 Å². The van der Waals surface area contributed by atoms with Crippen molar-refractivity contribution < 1.29 is 4.57 Å². The highest BCUT2D eigenvalue weighted by molar-refractivity contribution is 7.71. The van der Waals surface area contributed by atoms with Crippen molar-refractivity contribution in [2.75, 3.05) is 13.3 Å². The molecule has 3 unspecified atom stereocenters. The van der Waals surface area contributed by atoms with Crippen molar-refractivity contribution in [3.8, 4) is 78.7 Å². The van der Waals surface area contributed by atoms with Crippen LogP contribution >= 0.6 is 7.14 Å². The van der Waals surface area contributed by atoms with Gasteiger partial charge in [0.1, 0.15) is 7.14 Å². The van der Waals surface area contributed by atoms with Gasteiger partial charge in [-0.1, -0.05) is 237 Å². The molecule has 73 heavy (non-hydrogen) atoms. The van der Waals surface area contributed by atoms with Gasteiger partial charge in [0.25, 0.3) is 0 Å². The predicted octanol–water partition coefficient (Wildman–Crippen LogP) is 17.2. The number of nitrogens with zero attached hydrogens (tertiary/aromatic N) is 3. The Kier molecular flexibility index (Phi) is 11.2. The third-order valence-corrected chi connectivity index (χ3v) is 17.6. The molecule has 2 aliphatic carbocycles. The molecule has 0 radical (unpaired) electrons. The van der Waals surface area contributed by atoms with Crippen molar-refractivity contribution in [1.82, 2.24) is 15.0 Å². The lowest BCUT2D eigenvalue weighted by Crippen LogP contribution is -2.34. The standard InChI is InChI=1S/C68H54N3OP/c1-73(2,72)64-61-19-11-9-17-59(61)63(60-18-10-12-20-62(60)64)52-34-39-56(40-35-52)68(44-45-21-38-58(68)43-45)57-41-36-55(37-42-57)67-70-65(53-30-26-49(27-31-53)47-15-7-4-8-16-47)69-66(71-67)54-32-28-51(29-33-54)50-24-22-48(23-25-50)46-13-5-3-6-14-46/h3-20,22-37,39-42,45,58H,21,38,43-44H2,1-2H3. The second-order valence-electron chi connectivity index (χ2n) is 20.6. The molecule has 0 saturated heterocycles. The van der Waals surface area contributed by atoms with Crippen LogP contribution < -0.4 is 5.30 Å². The molecule has 1 heterocycles. The Balaban J connectivity index is 0.863. The molecule has 4 nitrogen and oxygen atoms in total. The minimum Gasteiger partial charge on any atom is -0.319 e. The molecule has 10 aromatic carbocycles. The number of hydrogen-bond acceptors (Lipinski definition) is 4. The fourth-order valence-electron chi connectivity index (χ4n) is 12.6. The summed E-state index contributed by atoms with van der Waals surface area (Å²) >= 11 is 0. The summed E-state index contributed by atoms with van der Waals surface area (Å²) in [6, 6.07) is 82.6. The SMILES string of the molecule is CP(C)(=O)c1c2ccccc2c(-c2ccc(C3(c4ccc(-c5nc(-c6ccc(-c7ccccc7)cc6)nc(-c6ccc(-c7ccc(-c8ccccc8)cc7)cc6)n5)cc4)CC4CCC3C4)cc2)c2ccccc12. The molecule has 13 rings (SSSR count). The first kappa shape index (κ1) is 44.9. The van der Waals surface area contributed by atoms with E-state index < -0.39 is 7.14 Å². The molecule has 2 aliphatic rings. The van der Waals surface area contributed by atoms with Crippen LogP contribution in [0.15, 0.2) is 231 Å². The Morgan fingerprint density at radius 2 is 0.699 bits per heavy atom. The van der Waals surface area contributed by atoms with Gasteiger partial charge in [0.15, 0.2) is 17.5 Å². The first-order chi connectivity index (χ1) is 35.8. The maximum atomic E-state index is 13.9. The summed E-state index contributed by atoms with van der Waals surface area (Å²) in [6.07, 6.45) is 4.94. The molecule has 0 aliphatic heterocycles. The van der Waals surface area contributed by atoms with Gasteiger partial charge < -0.3 is 4.57 Å². The minimum atomic E-state index is -2.59. The molecule has 11 aromatic rings. The van der Waals surface area contributed by atoms with Gasteiger partial charge in [-0.2, -0.15) is 0 Å². The summed E-state index contributed by atoms with van der Waals surface area (Å²) in [5.41, 5.74) is 14.9. The molecule has 0 amide bonds. The highest BCUT2D eigenvalue weighted by atomic mass is 31.2.